The Morgan fingerprint density at radius 1 is 1.29 bits per heavy atom. The Morgan fingerprint density at radius 3 is 2.58 bits per heavy atom. The Morgan fingerprint density at radius 2 is 2.00 bits per heavy atom. The van der Waals surface area contributed by atoms with Crippen LogP contribution in [0.3, 0.4) is 0 Å². The molecule has 128 valence electrons. The molecule has 0 saturated heterocycles. The number of aryl methyl sites for hydroxylation is 1. The van der Waals surface area contributed by atoms with Crippen LogP contribution in [0.5, 0.6) is 0 Å². The maximum absolute atomic E-state index is 12.5. The van der Waals surface area contributed by atoms with E-state index in [2.05, 4.69) is 10.4 Å². The minimum absolute atomic E-state index is 0.0897. The van der Waals surface area contributed by atoms with E-state index in [9.17, 15) is 14.4 Å². The van der Waals surface area contributed by atoms with Crippen molar-refractivity contribution in [1.29, 1.82) is 0 Å². The van der Waals surface area contributed by atoms with Gasteiger partial charge in [0, 0.05) is 12.6 Å². The van der Waals surface area contributed by atoms with E-state index in [-0.39, 0.29) is 18.3 Å². The molecule has 1 atom stereocenters. The number of aromatic nitrogens is 3. The lowest BCUT2D eigenvalue weighted by Gasteiger charge is -2.13. The summed E-state index contributed by atoms with van der Waals surface area (Å²) in [5.41, 5.74) is -0.0560. The van der Waals surface area contributed by atoms with Crippen molar-refractivity contribution in [2.45, 2.75) is 46.7 Å². The van der Waals surface area contributed by atoms with Crippen molar-refractivity contribution in [3.05, 3.63) is 56.4 Å². The Kier molecular flexibility index (Phi) is 5.33. The van der Waals surface area contributed by atoms with Gasteiger partial charge in [-0.15, -0.1) is 0 Å². The summed E-state index contributed by atoms with van der Waals surface area (Å²) in [5.74, 6) is -0.571. The molecule has 0 fully saturated rings. The zero-order valence-corrected chi connectivity index (χ0v) is 14.4. The average molecular weight is 330 g/mol. The standard InChI is InChI=1S/C17H22N4O3/c1-5-12(4)18-15(22)14-16(23)20(6-2)17(24)21(19-14)13-9-7-8-11(3)10-13/h7-10,12H,5-6H2,1-4H3,(H,18,22). The predicted molar refractivity (Wildman–Crippen MR) is 91.7 cm³/mol. The first kappa shape index (κ1) is 17.7. The molecule has 24 heavy (non-hydrogen) atoms. The van der Waals surface area contributed by atoms with Gasteiger partial charge in [0.1, 0.15) is 0 Å². The van der Waals surface area contributed by atoms with E-state index < -0.39 is 17.2 Å². The molecule has 1 unspecified atom stereocenters. The third-order valence-electron chi connectivity index (χ3n) is 3.83. The molecule has 1 N–H and O–H groups in total. The molecule has 0 aliphatic heterocycles. The summed E-state index contributed by atoms with van der Waals surface area (Å²) in [5, 5.41) is 6.76. The van der Waals surface area contributed by atoms with E-state index in [1.54, 1.807) is 25.1 Å². The first-order chi connectivity index (χ1) is 11.4. The van der Waals surface area contributed by atoms with Gasteiger partial charge in [0.05, 0.1) is 5.69 Å². The van der Waals surface area contributed by atoms with Crippen molar-refractivity contribution in [3.63, 3.8) is 0 Å². The summed E-state index contributed by atoms with van der Waals surface area (Å²) in [6.45, 7) is 7.50. The normalized spacial score (nSPS) is 12.0. The number of benzene rings is 1. The fraction of sp³-hybridized carbons (Fsp3) is 0.412. The lowest BCUT2D eigenvalue weighted by molar-refractivity contribution is 0.0929. The first-order valence-corrected chi connectivity index (χ1v) is 8.01. The molecule has 1 aromatic carbocycles. The van der Waals surface area contributed by atoms with Crippen LogP contribution >= 0.6 is 0 Å². The lowest BCUT2D eigenvalue weighted by Crippen LogP contribution is -2.46. The second kappa shape index (κ2) is 7.25. The van der Waals surface area contributed by atoms with E-state index in [0.29, 0.717) is 5.69 Å². The summed E-state index contributed by atoms with van der Waals surface area (Å²) in [7, 11) is 0. The Labute approximate surface area is 139 Å². The molecule has 0 aliphatic rings. The van der Waals surface area contributed by atoms with Crippen LogP contribution in [0.1, 0.15) is 43.2 Å². The monoisotopic (exact) mass is 330 g/mol. The van der Waals surface area contributed by atoms with Crippen LogP contribution in [0.25, 0.3) is 5.69 Å². The van der Waals surface area contributed by atoms with Crippen molar-refractivity contribution in [2.75, 3.05) is 0 Å². The van der Waals surface area contributed by atoms with E-state index in [0.717, 1.165) is 21.2 Å². The van der Waals surface area contributed by atoms with Gasteiger partial charge in [-0.1, -0.05) is 19.1 Å². The van der Waals surface area contributed by atoms with Crippen LogP contribution in [-0.2, 0) is 6.54 Å². The summed E-state index contributed by atoms with van der Waals surface area (Å²) >= 11 is 0. The SMILES string of the molecule is CCC(C)NC(=O)c1nn(-c2cccc(C)c2)c(=O)n(CC)c1=O. The molecule has 2 aromatic rings. The highest BCUT2D eigenvalue weighted by molar-refractivity contribution is 5.91. The van der Waals surface area contributed by atoms with Gasteiger partial charge >= 0.3 is 5.69 Å². The fourth-order valence-corrected chi connectivity index (χ4v) is 2.26. The summed E-state index contributed by atoms with van der Waals surface area (Å²) in [6, 6.07) is 7.07. The molecular weight excluding hydrogens is 308 g/mol. The lowest BCUT2D eigenvalue weighted by atomic mass is 10.2. The second-order valence-corrected chi connectivity index (χ2v) is 5.71. The van der Waals surface area contributed by atoms with Gasteiger partial charge in [-0.3, -0.25) is 14.2 Å². The molecule has 0 radical (unpaired) electrons. The van der Waals surface area contributed by atoms with Gasteiger partial charge in [-0.2, -0.15) is 9.78 Å². The van der Waals surface area contributed by atoms with Crippen molar-refractivity contribution >= 4 is 5.91 Å². The van der Waals surface area contributed by atoms with Crippen molar-refractivity contribution in [1.82, 2.24) is 19.7 Å². The van der Waals surface area contributed by atoms with Crippen molar-refractivity contribution < 1.29 is 4.79 Å². The van der Waals surface area contributed by atoms with Crippen LogP contribution in [0.4, 0.5) is 0 Å². The van der Waals surface area contributed by atoms with E-state index in [1.165, 1.54) is 0 Å². The summed E-state index contributed by atoms with van der Waals surface area (Å²) in [4.78, 5) is 37.3. The number of nitrogens with zero attached hydrogens (tertiary/aromatic N) is 3. The Balaban J connectivity index is 2.65. The number of amides is 1. The van der Waals surface area contributed by atoms with Crippen molar-refractivity contribution in [2.24, 2.45) is 0 Å². The highest BCUT2D eigenvalue weighted by atomic mass is 16.2. The molecule has 1 amide bonds. The number of hydrogen-bond donors (Lipinski definition) is 1. The van der Waals surface area contributed by atoms with Crippen LogP contribution < -0.4 is 16.6 Å². The topological polar surface area (TPSA) is 86.0 Å². The Hall–Kier alpha value is -2.70. The molecular formula is C17H22N4O3. The van der Waals surface area contributed by atoms with Crippen molar-refractivity contribution in [3.8, 4) is 5.69 Å². The second-order valence-electron chi connectivity index (χ2n) is 5.71. The largest absolute Gasteiger partial charge is 0.352 e. The van der Waals surface area contributed by atoms with Gasteiger partial charge in [0.15, 0.2) is 0 Å². The zero-order valence-electron chi connectivity index (χ0n) is 14.4. The molecule has 0 spiro atoms. The highest BCUT2D eigenvalue weighted by Crippen LogP contribution is 2.06. The number of rotatable bonds is 5. The van der Waals surface area contributed by atoms with Gasteiger partial charge < -0.3 is 5.32 Å². The maximum Gasteiger partial charge on any atom is 0.352 e. The molecule has 0 saturated carbocycles. The molecule has 0 bridgehead atoms. The number of carbonyl (C=O) groups excluding carboxylic acids is 1. The van der Waals surface area contributed by atoms with Gasteiger partial charge in [0.2, 0.25) is 5.69 Å². The first-order valence-electron chi connectivity index (χ1n) is 8.01. The van der Waals surface area contributed by atoms with Gasteiger partial charge in [-0.25, -0.2) is 4.79 Å². The third-order valence-corrected chi connectivity index (χ3v) is 3.83. The zero-order chi connectivity index (χ0) is 17.9. The van der Waals surface area contributed by atoms with Crippen LogP contribution in [0, 0.1) is 6.92 Å². The summed E-state index contributed by atoms with van der Waals surface area (Å²) < 4.78 is 2.12. The van der Waals surface area contributed by atoms with E-state index in [1.807, 2.05) is 26.8 Å². The number of carbonyl (C=O) groups is 1. The highest BCUT2D eigenvalue weighted by Gasteiger charge is 2.20. The smallest absolute Gasteiger partial charge is 0.348 e. The Bertz CT molecular complexity index is 867. The van der Waals surface area contributed by atoms with Crippen LogP contribution in [0.15, 0.2) is 33.9 Å². The molecule has 0 aliphatic carbocycles. The molecule has 7 nitrogen and oxygen atoms in total. The minimum Gasteiger partial charge on any atom is -0.348 e. The van der Waals surface area contributed by atoms with Gasteiger partial charge in [-0.05, 0) is 44.9 Å². The average Bonchev–Trinajstić information content (AvgIpc) is 2.55. The molecule has 2 rings (SSSR count). The quantitative estimate of drug-likeness (QED) is 0.894. The van der Waals surface area contributed by atoms with Crippen LogP contribution in [-0.4, -0.2) is 26.3 Å². The van der Waals surface area contributed by atoms with E-state index >= 15 is 0 Å². The number of hydrogen-bond acceptors (Lipinski definition) is 4. The summed E-state index contributed by atoms with van der Waals surface area (Å²) in [6.07, 6.45) is 0.727. The number of nitrogens with one attached hydrogen (secondary N) is 1. The maximum atomic E-state index is 12.5. The molecule has 7 heteroatoms. The minimum atomic E-state index is -0.674. The molecule has 1 heterocycles. The predicted octanol–water partition coefficient (Wildman–Crippen LogP) is 1.25. The van der Waals surface area contributed by atoms with E-state index in [4.69, 9.17) is 0 Å². The molecule has 1 aromatic heterocycles. The van der Waals surface area contributed by atoms with Crippen LogP contribution in [0.2, 0.25) is 0 Å². The van der Waals surface area contributed by atoms with Gasteiger partial charge in [0.25, 0.3) is 11.5 Å². The third kappa shape index (κ3) is 3.45. The fourth-order valence-electron chi connectivity index (χ4n) is 2.26.